The zero-order valence-corrected chi connectivity index (χ0v) is 16.4. The summed E-state index contributed by atoms with van der Waals surface area (Å²) in [6.45, 7) is 0. The third-order valence-corrected chi connectivity index (χ3v) is 4.56. The van der Waals surface area contributed by atoms with Gasteiger partial charge in [0.15, 0.2) is 11.5 Å². The Bertz CT molecular complexity index is 1050. The van der Waals surface area contributed by atoms with Crippen LogP contribution in [-0.2, 0) is 0 Å². The van der Waals surface area contributed by atoms with Crippen molar-refractivity contribution in [2.45, 2.75) is 0 Å². The van der Waals surface area contributed by atoms with Crippen molar-refractivity contribution in [1.82, 2.24) is 9.78 Å². The standard InChI is InChI=1S/C18H14BrClN4O3/c1-27-15-8-11(7-13(19)17(15)25)9-21-23-14-10-22-24(18(26)16(14)20)12-5-3-2-4-6-12/h2-10,23,25H,1H3/b21-9-. The van der Waals surface area contributed by atoms with Crippen LogP contribution in [0.25, 0.3) is 5.69 Å². The van der Waals surface area contributed by atoms with E-state index in [1.165, 1.54) is 24.2 Å². The average molecular weight is 450 g/mol. The number of benzene rings is 2. The molecule has 138 valence electrons. The molecule has 0 unspecified atom stereocenters. The molecule has 27 heavy (non-hydrogen) atoms. The highest BCUT2D eigenvalue weighted by molar-refractivity contribution is 9.10. The molecule has 2 N–H and O–H groups in total. The average Bonchev–Trinajstić information content (AvgIpc) is 2.68. The molecule has 7 nitrogen and oxygen atoms in total. The van der Waals surface area contributed by atoms with E-state index in [0.717, 1.165) is 0 Å². The third-order valence-electron chi connectivity index (χ3n) is 3.59. The van der Waals surface area contributed by atoms with Gasteiger partial charge in [-0.1, -0.05) is 29.8 Å². The Labute approximate surface area is 168 Å². The maximum absolute atomic E-state index is 12.4. The molecule has 0 fully saturated rings. The van der Waals surface area contributed by atoms with Gasteiger partial charge in [-0.25, -0.2) is 0 Å². The summed E-state index contributed by atoms with van der Waals surface area (Å²) in [5, 5.41) is 18.0. The second-order valence-corrected chi connectivity index (χ2v) is 6.58. The summed E-state index contributed by atoms with van der Waals surface area (Å²) < 4.78 is 6.76. The van der Waals surface area contributed by atoms with Gasteiger partial charge in [0, 0.05) is 0 Å². The predicted molar refractivity (Wildman–Crippen MR) is 108 cm³/mol. The van der Waals surface area contributed by atoms with Gasteiger partial charge in [-0.15, -0.1) is 0 Å². The Balaban J connectivity index is 1.83. The zero-order chi connectivity index (χ0) is 19.4. The number of methoxy groups -OCH3 is 1. The van der Waals surface area contributed by atoms with E-state index in [-0.39, 0.29) is 16.5 Å². The van der Waals surface area contributed by atoms with Crippen LogP contribution in [0.5, 0.6) is 11.5 Å². The third kappa shape index (κ3) is 4.12. The van der Waals surface area contributed by atoms with Gasteiger partial charge in [0.05, 0.1) is 29.7 Å². The van der Waals surface area contributed by atoms with Crippen LogP contribution < -0.4 is 15.7 Å². The lowest BCUT2D eigenvalue weighted by atomic mass is 10.2. The number of hydrogen-bond donors (Lipinski definition) is 2. The number of nitrogens with zero attached hydrogens (tertiary/aromatic N) is 3. The van der Waals surface area contributed by atoms with E-state index in [1.807, 2.05) is 6.07 Å². The van der Waals surface area contributed by atoms with Gasteiger partial charge >= 0.3 is 0 Å². The SMILES string of the molecule is COc1cc(/C=N\Nc2cnn(-c3ccccc3)c(=O)c2Cl)cc(Br)c1O. The van der Waals surface area contributed by atoms with Crippen LogP contribution >= 0.6 is 27.5 Å². The number of aromatic nitrogens is 2. The Morgan fingerprint density at radius 2 is 2.07 bits per heavy atom. The minimum Gasteiger partial charge on any atom is -0.503 e. The first kappa shape index (κ1) is 18.9. The van der Waals surface area contributed by atoms with Crippen molar-refractivity contribution in [2.24, 2.45) is 5.10 Å². The summed E-state index contributed by atoms with van der Waals surface area (Å²) in [4.78, 5) is 12.4. The lowest BCUT2D eigenvalue weighted by Crippen LogP contribution is -2.22. The molecule has 0 saturated heterocycles. The minimum atomic E-state index is -0.461. The van der Waals surface area contributed by atoms with Crippen LogP contribution in [0.2, 0.25) is 5.02 Å². The van der Waals surface area contributed by atoms with E-state index in [4.69, 9.17) is 16.3 Å². The highest BCUT2D eigenvalue weighted by Gasteiger charge is 2.10. The van der Waals surface area contributed by atoms with Gasteiger partial charge in [0.2, 0.25) is 0 Å². The molecule has 0 radical (unpaired) electrons. The molecule has 1 aromatic heterocycles. The number of para-hydroxylation sites is 1. The van der Waals surface area contributed by atoms with E-state index in [0.29, 0.717) is 21.5 Å². The second-order valence-electron chi connectivity index (χ2n) is 5.35. The van der Waals surface area contributed by atoms with Crippen LogP contribution in [0, 0.1) is 0 Å². The second kappa shape index (κ2) is 8.24. The number of hydrogen-bond acceptors (Lipinski definition) is 6. The highest BCUT2D eigenvalue weighted by Crippen LogP contribution is 2.34. The number of phenols is 1. The molecule has 0 saturated carbocycles. The van der Waals surface area contributed by atoms with Crippen molar-refractivity contribution in [3.05, 3.63) is 74.1 Å². The highest BCUT2D eigenvalue weighted by atomic mass is 79.9. The first-order valence-electron chi connectivity index (χ1n) is 7.70. The Morgan fingerprint density at radius 3 is 2.78 bits per heavy atom. The first-order chi connectivity index (χ1) is 13.0. The van der Waals surface area contributed by atoms with Gasteiger partial charge in [0.25, 0.3) is 5.56 Å². The number of phenolic OH excluding ortho intramolecular Hbond substituents is 1. The fourth-order valence-electron chi connectivity index (χ4n) is 2.26. The van der Waals surface area contributed by atoms with Crippen molar-refractivity contribution < 1.29 is 9.84 Å². The zero-order valence-electron chi connectivity index (χ0n) is 14.1. The number of anilines is 1. The topological polar surface area (TPSA) is 88.7 Å². The Kier molecular flexibility index (Phi) is 5.78. The smallest absolute Gasteiger partial charge is 0.292 e. The van der Waals surface area contributed by atoms with E-state index in [1.54, 1.807) is 36.4 Å². The van der Waals surface area contributed by atoms with Gasteiger partial charge in [-0.2, -0.15) is 14.9 Å². The van der Waals surface area contributed by atoms with Gasteiger partial charge in [0.1, 0.15) is 10.7 Å². The maximum atomic E-state index is 12.4. The summed E-state index contributed by atoms with van der Waals surface area (Å²) in [7, 11) is 1.45. The minimum absolute atomic E-state index is 0.000578. The quantitative estimate of drug-likeness (QED) is 0.457. The Morgan fingerprint density at radius 1 is 1.33 bits per heavy atom. The van der Waals surface area contributed by atoms with Crippen molar-refractivity contribution in [3.63, 3.8) is 0 Å². The predicted octanol–water partition coefficient (Wildman–Crippen LogP) is 3.81. The molecule has 2 aromatic carbocycles. The number of rotatable bonds is 5. The molecule has 9 heteroatoms. The molecule has 0 atom stereocenters. The molecular formula is C18H14BrClN4O3. The van der Waals surface area contributed by atoms with Gasteiger partial charge in [-0.05, 0) is 45.8 Å². The van der Waals surface area contributed by atoms with E-state index < -0.39 is 5.56 Å². The van der Waals surface area contributed by atoms with Gasteiger partial charge in [-0.3, -0.25) is 10.2 Å². The number of aromatic hydroxyl groups is 1. The first-order valence-corrected chi connectivity index (χ1v) is 8.87. The molecule has 0 aliphatic carbocycles. The van der Waals surface area contributed by atoms with Crippen molar-refractivity contribution in [1.29, 1.82) is 0 Å². The summed E-state index contributed by atoms with van der Waals surface area (Å²) in [6.07, 6.45) is 2.91. The molecule has 0 aliphatic rings. The molecule has 0 amide bonds. The lowest BCUT2D eigenvalue weighted by molar-refractivity contribution is 0.372. The summed E-state index contributed by atoms with van der Waals surface area (Å²) in [5.41, 5.74) is 3.78. The summed E-state index contributed by atoms with van der Waals surface area (Å²) >= 11 is 9.39. The van der Waals surface area contributed by atoms with Crippen LogP contribution in [0.1, 0.15) is 5.56 Å². The molecule has 0 spiro atoms. The molecule has 0 bridgehead atoms. The lowest BCUT2D eigenvalue weighted by Gasteiger charge is -2.08. The maximum Gasteiger partial charge on any atom is 0.292 e. The number of halogens is 2. The van der Waals surface area contributed by atoms with E-state index >= 15 is 0 Å². The number of ether oxygens (including phenoxy) is 1. The molecule has 0 aliphatic heterocycles. The van der Waals surface area contributed by atoms with Gasteiger partial charge < -0.3 is 9.84 Å². The summed E-state index contributed by atoms with van der Waals surface area (Å²) in [5.74, 6) is 0.301. The molecule has 3 aromatic rings. The van der Waals surface area contributed by atoms with Crippen molar-refractivity contribution in [2.75, 3.05) is 12.5 Å². The van der Waals surface area contributed by atoms with Crippen LogP contribution in [-0.4, -0.2) is 28.2 Å². The normalized spacial score (nSPS) is 10.9. The molecule has 1 heterocycles. The van der Waals surface area contributed by atoms with Crippen LogP contribution in [0.4, 0.5) is 5.69 Å². The van der Waals surface area contributed by atoms with Crippen LogP contribution in [0.3, 0.4) is 0 Å². The fraction of sp³-hybridized carbons (Fsp3) is 0.0556. The summed E-state index contributed by atoms with van der Waals surface area (Å²) in [6, 6.07) is 12.2. The fourth-order valence-corrected chi connectivity index (χ4v) is 2.89. The molecule has 3 rings (SSSR count). The number of hydrazone groups is 1. The van der Waals surface area contributed by atoms with Crippen LogP contribution in [0.15, 0.2) is 63.0 Å². The molecular weight excluding hydrogens is 436 g/mol. The van der Waals surface area contributed by atoms with E-state index in [2.05, 4.69) is 31.6 Å². The largest absolute Gasteiger partial charge is 0.503 e. The van der Waals surface area contributed by atoms with Crippen molar-refractivity contribution >= 4 is 39.4 Å². The Hall–Kier alpha value is -2.84. The van der Waals surface area contributed by atoms with E-state index in [9.17, 15) is 9.90 Å². The van der Waals surface area contributed by atoms with Crippen molar-refractivity contribution in [3.8, 4) is 17.2 Å². The number of nitrogens with one attached hydrogen (secondary N) is 1. The monoisotopic (exact) mass is 448 g/mol.